The van der Waals surface area contributed by atoms with E-state index in [0.29, 0.717) is 6.54 Å². The highest BCUT2D eigenvalue weighted by molar-refractivity contribution is 5.73. The van der Waals surface area contributed by atoms with Crippen LogP contribution in [0.2, 0.25) is 0 Å². The Morgan fingerprint density at radius 3 is 2.14 bits per heavy atom. The SMILES string of the molecule is CC(C)CCCOc1ccc(CCCNCCC(=O)O)cc1.O=C(O)C(F)(F)F. The summed E-state index contributed by atoms with van der Waals surface area (Å²) in [5.41, 5.74) is 1.29. The zero-order valence-electron chi connectivity index (χ0n) is 16.8. The largest absolute Gasteiger partial charge is 0.494 e. The summed E-state index contributed by atoms with van der Waals surface area (Å²) in [5.74, 6) is -1.84. The number of carboxylic acid groups (broad SMARTS) is 2. The standard InChI is InChI=1S/C18H29NO3.C2HF3O2/c1-15(2)5-4-14-22-17-9-7-16(8-10-17)6-3-12-19-13-11-18(20)21;3-2(4,5)1(6)7/h7-10,15,19H,3-6,11-14H2,1-2H3,(H,20,21);(H,6,7). The summed E-state index contributed by atoms with van der Waals surface area (Å²) < 4.78 is 37.5. The van der Waals surface area contributed by atoms with Gasteiger partial charge in [-0.3, -0.25) is 4.79 Å². The van der Waals surface area contributed by atoms with Gasteiger partial charge >= 0.3 is 18.1 Å². The fraction of sp³-hybridized carbons (Fsp3) is 0.600. The van der Waals surface area contributed by atoms with Crippen LogP contribution in [-0.4, -0.2) is 48.0 Å². The third-order valence-corrected chi connectivity index (χ3v) is 3.70. The van der Waals surface area contributed by atoms with E-state index in [1.54, 1.807) is 0 Å². The van der Waals surface area contributed by atoms with Crippen LogP contribution in [0, 0.1) is 5.92 Å². The van der Waals surface area contributed by atoms with E-state index in [4.69, 9.17) is 19.7 Å². The monoisotopic (exact) mass is 421 g/mol. The molecule has 29 heavy (non-hydrogen) atoms. The second kappa shape index (κ2) is 14.7. The Kier molecular flexibility index (Phi) is 13.5. The average molecular weight is 421 g/mol. The fourth-order valence-corrected chi connectivity index (χ4v) is 2.17. The van der Waals surface area contributed by atoms with E-state index in [1.807, 2.05) is 12.1 Å². The van der Waals surface area contributed by atoms with Crippen molar-refractivity contribution in [3.63, 3.8) is 0 Å². The van der Waals surface area contributed by atoms with E-state index < -0.39 is 18.1 Å². The number of hydrogen-bond acceptors (Lipinski definition) is 4. The molecule has 0 spiro atoms. The predicted octanol–water partition coefficient (Wildman–Crippen LogP) is 4.13. The number of benzene rings is 1. The van der Waals surface area contributed by atoms with Gasteiger partial charge in [-0.05, 0) is 55.8 Å². The molecule has 0 heterocycles. The summed E-state index contributed by atoms with van der Waals surface area (Å²) >= 11 is 0. The lowest BCUT2D eigenvalue weighted by atomic mass is 10.1. The van der Waals surface area contributed by atoms with Crippen LogP contribution in [0.5, 0.6) is 5.75 Å². The Hall–Kier alpha value is -2.29. The highest BCUT2D eigenvalue weighted by atomic mass is 19.4. The lowest BCUT2D eigenvalue weighted by Gasteiger charge is -2.08. The van der Waals surface area contributed by atoms with Crippen molar-refractivity contribution in [2.45, 2.75) is 52.1 Å². The number of halogens is 3. The zero-order chi connectivity index (χ0) is 22.3. The zero-order valence-corrected chi connectivity index (χ0v) is 16.8. The molecule has 0 aliphatic rings. The summed E-state index contributed by atoms with van der Waals surface area (Å²) in [6.45, 7) is 6.63. The molecule has 1 aromatic rings. The highest BCUT2D eigenvalue weighted by Gasteiger charge is 2.38. The molecule has 3 N–H and O–H groups in total. The second-order valence-corrected chi connectivity index (χ2v) is 6.83. The van der Waals surface area contributed by atoms with Crippen LogP contribution in [0.4, 0.5) is 13.2 Å². The quantitative estimate of drug-likeness (QED) is 0.439. The van der Waals surface area contributed by atoms with Crippen molar-refractivity contribution in [2.24, 2.45) is 5.92 Å². The third-order valence-electron chi connectivity index (χ3n) is 3.70. The van der Waals surface area contributed by atoms with Gasteiger partial charge in [0.15, 0.2) is 0 Å². The highest BCUT2D eigenvalue weighted by Crippen LogP contribution is 2.14. The Morgan fingerprint density at radius 2 is 1.66 bits per heavy atom. The van der Waals surface area contributed by atoms with Crippen molar-refractivity contribution < 1.29 is 37.7 Å². The third kappa shape index (κ3) is 16.4. The maximum atomic E-state index is 10.6. The molecule has 0 unspecified atom stereocenters. The molecule has 166 valence electrons. The van der Waals surface area contributed by atoms with Gasteiger partial charge in [-0.25, -0.2) is 4.79 Å². The van der Waals surface area contributed by atoms with Gasteiger partial charge in [0.05, 0.1) is 13.0 Å². The normalized spacial score (nSPS) is 11.0. The maximum Gasteiger partial charge on any atom is 0.490 e. The number of rotatable bonds is 12. The molecule has 1 aromatic carbocycles. The van der Waals surface area contributed by atoms with Crippen LogP contribution in [-0.2, 0) is 16.0 Å². The first kappa shape index (κ1) is 26.7. The summed E-state index contributed by atoms with van der Waals surface area (Å²) in [4.78, 5) is 19.3. The van der Waals surface area contributed by atoms with Gasteiger partial charge in [-0.2, -0.15) is 13.2 Å². The first-order valence-corrected chi connectivity index (χ1v) is 9.46. The lowest BCUT2D eigenvalue weighted by molar-refractivity contribution is -0.192. The Morgan fingerprint density at radius 1 is 1.07 bits per heavy atom. The first-order chi connectivity index (χ1) is 13.5. The van der Waals surface area contributed by atoms with Crippen LogP contribution in [0.25, 0.3) is 0 Å². The number of aliphatic carboxylic acids is 2. The Labute approximate surface area is 169 Å². The van der Waals surface area contributed by atoms with Gasteiger partial charge in [-0.15, -0.1) is 0 Å². The van der Waals surface area contributed by atoms with Crippen LogP contribution < -0.4 is 10.1 Å². The van der Waals surface area contributed by atoms with Crippen molar-refractivity contribution in [3.8, 4) is 5.75 Å². The summed E-state index contributed by atoms with van der Waals surface area (Å²) in [5, 5.41) is 18.8. The second-order valence-electron chi connectivity index (χ2n) is 6.83. The molecular formula is C20H30F3NO5. The van der Waals surface area contributed by atoms with Gasteiger partial charge in [0.25, 0.3) is 0 Å². The van der Waals surface area contributed by atoms with E-state index in [9.17, 15) is 18.0 Å². The molecule has 6 nitrogen and oxygen atoms in total. The molecule has 0 atom stereocenters. The van der Waals surface area contributed by atoms with Crippen LogP contribution in [0.3, 0.4) is 0 Å². The Balaban J connectivity index is 0.000000956. The van der Waals surface area contributed by atoms with Crippen molar-refractivity contribution in [1.29, 1.82) is 0 Å². The van der Waals surface area contributed by atoms with Crippen LogP contribution in [0.1, 0.15) is 45.1 Å². The number of carbonyl (C=O) groups is 2. The van der Waals surface area contributed by atoms with Gasteiger partial charge in [0, 0.05) is 6.54 Å². The molecular weight excluding hydrogens is 391 g/mol. The molecule has 0 aliphatic heterocycles. The van der Waals surface area contributed by atoms with Crippen LogP contribution >= 0.6 is 0 Å². The number of nitrogens with one attached hydrogen (secondary N) is 1. The number of hydrogen-bond donors (Lipinski definition) is 3. The van der Waals surface area contributed by atoms with E-state index in [2.05, 4.69) is 31.3 Å². The molecule has 0 amide bonds. The molecule has 0 aliphatic carbocycles. The van der Waals surface area contributed by atoms with E-state index >= 15 is 0 Å². The fourth-order valence-electron chi connectivity index (χ4n) is 2.17. The van der Waals surface area contributed by atoms with Gasteiger partial charge < -0.3 is 20.3 Å². The smallest absolute Gasteiger partial charge is 0.490 e. The molecule has 9 heteroatoms. The predicted molar refractivity (Wildman–Crippen MR) is 103 cm³/mol. The van der Waals surface area contributed by atoms with Crippen molar-refractivity contribution >= 4 is 11.9 Å². The number of ether oxygens (including phenoxy) is 1. The first-order valence-electron chi connectivity index (χ1n) is 9.46. The molecule has 0 bridgehead atoms. The number of carboxylic acids is 2. The lowest BCUT2D eigenvalue weighted by Crippen LogP contribution is -2.21. The summed E-state index contributed by atoms with van der Waals surface area (Å²) in [6, 6.07) is 8.27. The molecule has 1 rings (SSSR count). The summed E-state index contributed by atoms with van der Waals surface area (Å²) in [7, 11) is 0. The Bertz CT molecular complexity index is 589. The van der Waals surface area contributed by atoms with Gasteiger partial charge in [0.1, 0.15) is 5.75 Å². The maximum absolute atomic E-state index is 10.6. The van der Waals surface area contributed by atoms with E-state index in [-0.39, 0.29) is 6.42 Å². The van der Waals surface area contributed by atoms with Crippen molar-refractivity contribution in [3.05, 3.63) is 29.8 Å². The minimum absolute atomic E-state index is 0.183. The van der Waals surface area contributed by atoms with Gasteiger partial charge in [0.2, 0.25) is 0 Å². The van der Waals surface area contributed by atoms with Crippen molar-refractivity contribution in [2.75, 3.05) is 19.7 Å². The van der Waals surface area contributed by atoms with Crippen LogP contribution in [0.15, 0.2) is 24.3 Å². The van der Waals surface area contributed by atoms with Gasteiger partial charge in [-0.1, -0.05) is 26.0 Å². The molecule has 0 fully saturated rings. The number of aryl methyl sites for hydroxylation is 1. The van der Waals surface area contributed by atoms with E-state index in [1.165, 1.54) is 12.0 Å². The number of alkyl halides is 3. The molecule has 0 radical (unpaired) electrons. The van der Waals surface area contributed by atoms with Crippen molar-refractivity contribution in [1.82, 2.24) is 5.32 Å². The minimum Gasteiger partial charge on any atom is -0.494 e. The van der Waals surface area contributed by atoms with E-state index in [0.717, 1.165) is 44.1 Å². The average Bonchev–Trinajstić information content (AvgIpc) is 2.62. The minimum atomic E-state index is -5.08. The molecule has 0 aromatic heterocycles. The summed E-state index contributed by atoms with van der Waals surface area (Å²) in [6.07, 6.45) is -0.598. The molecule has 0 saturated carbocycles. The molecule has 0 saturated heterocycles. The topological polar surface area (TPSA) is 95.9 Å².